The Balaban J connectivity index is 1.75. The molecule has 1 aliphatic heterocycles. The van der Waals surface area contributed by atoms with Crippen LogP contribution in [-0.4, -0.2) is 30.7 Å². The van der Waals surface area contributed by atoms with E-state index in [0.29, 0.717) is 27.7 Å². The van der Waals surface area contributed by atoms with Crippen molar-refractivity contribution >= 4 is 40.8 Å². The first-order valence-corrected chi connectivity index (χ1v) is 9.24. The molecular formula is C21H19ClN2O6. The predicted molar refractivity (Wildman–Crippen MR) is 110 cm³/mol. The largest absolute Gasteiger partial charge is 0.495 e. The number of anilines is 2. The van der Waals surface area contributed by atoms with Gasteiger partial charge in [0.25, 0.3) is 11.7 Å². The molecule has 156 valence electrons. The molecule has 0 aliphatic carbocycles. The minimum atomic E-state index is -1.31. The van der Waals surface area contributed by atoms with Crippen LogP contribution in [0.4, 0.5) is 11.4 Å². The molecule has 30 heavy (non-hydrogen) atoms. The highest BCUT2D eigenvalue weighted by Gasteiger charge is 2.38. The summed E-state index contributed by atoms with van der Waals surface area (Å²) >= 11 is 5.99. The second-order valence-corrected chi connectivity index (χ2v) is 7.20. The van der Waals surface area contributed by atoms with Crippen molar-refractivity contribution in [3.8, 4) is 5.75 Å². The number of rotatable bonds is 5. The van der Waals surface area contributed by atoms with E-state index in [1.165, 1.54) is 27.2 Å². The fraction of sp³-hybridized carbons (Fsp3) is 0.190. The summed E-state index contributed by atoms with van der Waals surface area (Å²) in [6, 6.07) is 11.3. The molecule has 1 fully saturated rings. The van der Waals surface area contributed by atoms with E-state index in [9.17, 15) is 14.4 Å². The Hall–Kier alpha value is -3.52. The monoisotopic (exact) mass is 430 g/mol. The van der Waals surface area contributed by atoms with Crippen LogP contribution < -0.4 is 15.4 Å². The van der Waals surface area contributed by atoms with Crippen LogP contribution in [0.5, 0.6) is 5.75 Å². The summed E-state index contributed by atoms with van der Waals surface area (Å²) in [7, 11) is 1.49. The van der Waals surface area contributed by atoms with Crippen molar-refractivity contribution in [2.45, 2.75) is 19.6 Å². The van der Waals surface area contributed by atoms with Crippen LogP contribution in [-0.2, 0) is 19.1 Å². The summed E-state index contributed by atoms with van der Waals surface area (Å²) in [6.45, 7) is 2.92. The third kappa shape index (κ3) is 4.90. The summed E-state index contributed by atoms with van der Waals surface area (Å²) in [5.41, 5.74) is 0.938. The maximum absolute atomic E-state index is 12.6. The molecular weight excluding hydrogens is 412 g/mol. The van der Waals surface area contributed by atoms with Crippen LogP contribution in [0.25, 0.3) is 0 Å². The number of methoxy groups -OCH3 is 1. The van der Waals surface area contributed by atoms with Crippen molar-refractivity contribution in [2.75, 3.05) is 17.7 Å². The van der Waals surface area contributed by atoms with Gasteiger partial charge in [0.2, 0.25) is 0 Å². The van der Waals surface area contributed by atoms with Gasteiger partial charge in [-0.15, -0.1) is 0 Å². The lowest BCUT2D eigenvalue weighted by atomic mass is 10.1. The SMILES string of the molecule is COc1ccc(Cl)cc1NC(=O)c1cccc(NC=C2C(=O)OC(C)(C)OC2=O)c1. The molecule has 1 saturated heterocycles. The van der Waals surface area contributed by atoms with E-state index in [-0.39, 0.29) is 5.57 Å². The number of hydrogen-bond donors (Lipinski definition) is 2. The Morgan fingerprint density at radius 2 is 1.80 bits per heavy atom. The predicted octanol–water partition coefficient (Wildman–Crippen LogP) is 3.73. The Labute approximate surface area is 177 Å². The molecule has 0 spiro atoms. The normalized spacial score (nSPS) is 15.0. The molecule has 1 heterocycles. The van der Waals surface area contributed by atoms with Crippen molar-refractivity contribution in [3.63, 3.8) is 0 Å². The highest BCUT2D eigenvalue weighted by Crippen LogP contribution is 2.28. The smallest absolute Gasteiger partial charge is 0.350 e. The van der Waals surface area contributed by atoms with E-state index >= 15 is 0 Å². The summed E-state index contributed by atoms with van der Waals surface area (Å²) < 4.78 is 15.3. The maximum Gasteiger partial charge on any atom is 0.350 e. The number of ether oxygens (including phenoxy) is 3. The molecule has 2 aromatic carbocycles. The Morgan fingerprint density at radius 1 is 1.10 bits per heavy atom. The zero-order valence-corrected chi connectivity index (χ0v) is 17.2. The molecule has 0 radical (unpaired) electrons. The van der Waals surface area contributed by atoms with Crippen LogP contribution in [0.15, 0.2) is 54.2 Å². The number of hydrogen-bond acceptors (Lipinski definition) is 7. The highest BCUT2D eigenvalue weighted by atomic mass is 35.5. The summed E-state index contributed by atoms with van der Waals surface area (Å²) in [6.07, 6.45) is 1.18. The van der Waals surface area contributed by atoms with Gasteiger partial charge in [-0.05, 0) is 36.4 Å². The molecule has 1 amide bonds. The fourth-order valence-electron chi connectivity index (χ4n) is 2.66. The summed E-state index contributed by atoms with van der Waals surface area (Å²) in [4.78, 5) is 36.6. The topological polar surface area (TPSA) is 103 Å². The van der Waals surface area contributed by atoms with Gasteiger partial charge in [-0.2, -0.15) is 0 Å². The number of esters is 2. The van der Waals surface area contributed by atoms with Crippen molar-refractivity contribution in [1.82, 2.24) is 0 Å². The molecule has 0 bridgehead atoms. The lowest BCUT2D eigenvalue weighted by molar-refractivity contribution is -0.222. The fourth-order valence-corrected chi connectivity index (χ4v) is 2.83. The Kier molecular flexibility index (Phi) is 5.98. The summed E-state index contributed by atoms with van der Waals surface area (Å²) in [5.74, 6) is -2.85. The molecule has 1 aliphatic rings. The van der Waals surface area contributed by atoms with Crippen molar-refractivity contribution in [3.05, 3.63) is 64.8 Å². The van der Waals surface area contributed by atoms with E-state index in [4.69, 9.17) is 25.8 Å². The molecule has 3 rings (SSSR count). The third-order valence-corrected chi connectivity index (χ3v) is 4.27. The molecule has 0 saturated carbocycles. The van der Waals surface area contributed by atoms with Gasteiger partial charge in [0.05, 0.1) is 12.8 Å². The van der Waals surface area contributed by atoms with Crippen molar-refractivity contribution in [1.29, 1.82) is 0 Å². The minimum Gasteiger partial charge on any atom is -0.495 e. The highest BCUT2D eigenvalue weighted by molar-refractivity contribution is 6.31. The molecule has 0 aromatic heterocycles. The van der Waals surface area contributed by atoms with Gasteiger partial charge in [0.1, 0.15) is 5.75 Å². The van der Waals surface area contributed by atoms with Gasteiger partial charge in [0, 0.05) is 36.3 Å². The van der Waals surface area contributed by atoms with E-state index < -0.39 is 23.6 Å². The Morgan fingerprint density at radius 3 is 2.47 bits per heavy atom. The van der Waals surface area contributed by atoms with Crippen LogP contribution in [0.1, 0.15) is 24.2 Å². The first kappa shape index (κ1) is 21.2. The van der Waals surface area contributed by atoms with Gasteiger partial charge in [-0.1, -0.05) is 17.7 Å². The van der Waals surface area contributed by atoms with E-state index in [2.05, 4.69) is 10.6 Å². The van der Waals surface area contributed by atoms with Crippen LogP contribution in [0.2, 0.25) is 5.02 Å². The average molecular weight is 431 g/mol. The van der Waals surface area contributed by atoms with Gasteiger partial charge in [-0.3, -0.25) is 4.79 Å². The van der Waals surface area contributed by atoms with Crippen LogP contribution in [0, 0.1) is 0 Å². The minimum absolute atomic E-state index is 0.284. The first-order valence-electron chi connectivity index (χ1n) is 8.87. The number of cyclic esters (lactones) is 2. The van der Waals surface area contributed by atoms with Gasteiger partial charge >= 0.3 is 11.9 Å². The average Bonchev–Trinajstić information content (AvgIpc) is 2.67. The standard InChI is InChI=1S/C21H19ClN2O6/c1-21(2)29-19(26)15(20(27)30-21)11-23-14-6-4-5-12(9-14)18(25)24-16-10-13(22)7-8-17(16)28-3/h4-11,23H,1-3H3,(H,24,25). The van der Waals surface area contributed by atoms with Gasteiger partial charge in [0.15, 0.2) is 5.57 Å². The molecule has 2 N–H and O–H groups in total. The lowest BCUT2D eigenvalue weighted by Crippen LogP contribution is -2.42. The van der Waals surface area contributed by atoms with Gasteiger partial charge < -0.3 is 24.8 Å². The molecule has 0 unspecified atom stereocenters. The van der Waals surface area contributed by atoms with Crippen molar-refractivity contribution in [2.24, 2.45) is 0 Å². The third-order valence-electron chi connectivity index (χ3n) is 4.03. The first-order chi connectivity index (χ1) is 14.2. The quantitative estimate of drug-likeness (QED) is 0.423. The summed E-state index contributed by atoms with van der Waals surface area (Å²) in [5, 5.41) is 5.99. The number of benzene rings is 2. The molecule has 0 atom stereocenters. The lowest BCUT2D eigenvalue weighted by Gasteiger charge is -2.29. The maximum atomic E-state index is 12.6. The number of amides is 1. The molecule has 9 heteroatoms. The number of carbonyl (C=O) groups excluding carboxylic acids is 3. The van der Waals surface area contributed by atoms with Gasteiger partial charge in [-0.25, -0.2) is 9.59 Å². The number of nitrogens with one attached hydrogen (secondary N) is 2. The molecule has 2 aromatic rings. The van der Waals surface area contributed by atoms with Crippen LogP contribution >= 0.6 is 11.6 Å². The number of carbonyl (C=O) groups is 3. The van der Waals surface area contributed by atoms with Crippen molar-refractivity contribution < 1.29 is 28.6 Å². The second-order valence-electron chi connectivity index (χ2n) is 6.76. The van der Waals surface area contributed by atoms with E-state index in [0.717, 1.165) is 0 Å². The van der Waals surface area contributed by atoms with E-state index in [1.54, 1.807) is 42.5 Å². The van der Waals surface area contributed by atoms with Crippen LogP contribution in [0.3, 0.4) is 0 Å². The zero-order valence-electron chi connectivity index (χ0n) is 16.4. The molecule has 8 nitrogen and oxygen atoms in total. The zero-order chi connectivity index (χ0) is 21.9. The van der Waals surface area contributed by atoms with E-state index in [1.807, 2.05) is 0 Å². The second kappa shape index (κ2) is 8.46. The Bertz CT molecular complexity index is 1030. The number of halogens is 1.